The molecule has 3 aliphatic heterocycles. The highest BCUT2D eigenvalue weighted by atomic mass is 16.6. The summed E-state index contributed by atoms with van der Waals surface area (Å²) in [6, 6.07) is 32.8. The molecule has 5 aromatic rings. The smallest absolute Gasteiger partial charge is 0.339 e. The van der Waals surface area contributed by atoms with Crippen LogP contribution in [0.1, 0.15) is 116 Å². The molecule has 9 rings (SSSR count). The van der Waals surface area contributed by atoms with Crippen LogP contribution in [0.4, 0.5) is 0 Å². The molecule has 0 spiro atoms. The van der Waals surface area contributed by atoms with Crippen molar-refractivity contribution < 1.29 is 43.2 Å². The van der Waals surface area contributed by atoms with Crippen LogP contribution < -0.4 is 10.4 Å². The monoisotopic (exact) mass is 882 g/mol. The van der Waals surface area contributed by atoms with Crippen molar-refractivity contribution in [3.05, 3.63) is 158 Å². The maximum absolute atomic E-state index is 14.8. The van der Waals surface area contributed by atoms with Crippen molar-refractivity contribution in [1.29, 1.82) is 0 Å². The Balaban J connectivity index is 1.21. The van der Waals surface area contributed by atoms with Crippen LogP contribution in [0.5, 0.6) is 5.75 Å². The van der Waals surface area contributed by atoms with E-state index in [9.17, 15) is 24.6 Å². The number of carbonyl (C=O) groups is 2. The molecule has 0 unspecified atom stereocenters. The Hall–Kier alpha value is -5.55. The average molecular weight is 883 g/mol. The van der Waals surface area contributed by atoms with Crippen molar-refractivity contribution in [3.8, 4) is 5.75 Å². The standard InChI is InChI=1S/C55H62O10/c1-35(33-57)45-24-22-36-16-18-39(19-17-36)30-41(21-20-38-12-9-13-40(29-38)28-37-10-5-4-6-11-37)31-48(58)62-51-49-47(65-55(2,44-14-7-8-15-44)52(51)64-53(45)59)25-23-42-32-46(54(60)63-50(42)49)43(26-27-56)34-61-3/h4-6,9-13,16-19,23,25,29,32,41,43-44,51-52,56-57H,7-8,14-15,20-22,24,26-28,30-31,33-34H2,1-3H3/b45-35-/t41-,43-,51-,52+,55+/m1/s1. The van der Waals surface area contributed by atoms with Gasteiger partial charge in [-0.25, -0.2) is 9.59 Å². The molecule has 4 heterocycles. The minimum atomic E-state index is -1.21. The van der Waals surface area contributed by atoms with E-state index in [1.54, 1.807) is 20.1 Å². The number of aliphatic hydroxyl groups is 2. The van der Waals surface area contributed by atoms with Gasteiger partial charge < -0.3 is 33.6 Å². The third-order valence-corrected chi connectivity index (χ3v) is 14.1. The molecule has 65 heavy (non-hydrogen) atoms. The second-order valence-electron chi connectivity index (χ2n) is 18.6. The molecule has 4 aliphatic rings. The van der Waals surface area contributed by atoms with Gasteiger partial charge in [0.25, 0.3) is 0 Å². The third-order valence-electron chi connectivity index (χ3n) is 14.1. The molecule has 5 atom stereocenters. The lowest BCUT2D eigenvalue weighted by Gasteiger charge is -2.48. The number of benzene rings is 4. The Morgan fingerprint density at radius 2 is 1.57 bits per heavy atom. The number of aryl methyl sites for hydroxylation is 2. The summed E-state index contributed by atoms with van der Waals surface area (Å²) in [6.07, 6.45) is 5.45. The first-order valence-electron chi connectivity index (χ1n) is 23.4. The molecule has 2 bridgehead atoms. The van der Waals surface area contributed by atoms with Gasteiger partial charge in [0.1, 0.15) is 16.9 Å². The van der Waals surface area contributed by atoms with E-state index in [1.165, 1.54) is 16.7 Å². The summed E-state index contributed by atoms with van der Waals surface area (Å²) in [5, 5.41) is 20.8. The van der Waals surface area contributed by atoms with Crippen molar-refractivity contribution in [3.63, 3.8) is 0 Å². The maximum Gasteiger partial charge on any atom is 0.339 e. The van der Waals surface area contributed by atoms with E-state index in [0.717, 1.165) is 56.1 Å². The topological polar surface area (TPSA) is 142 Å². The first-order chi connectivity index (χ1) is 31.6. The largest absolute Gasteiger partial charge is 0.483 e. The van der Waals surface area contributed by atoms with Crippen LogP contribution in [0, 0.1) is 11.8 Å². The van der Waals surface area contributed by atoms with Crippen LogP contribution >= 0.6 is 0 Å². The second kappa shape index (κ2) is 20.7. The molecule has 10 heteroatoms. The van der Waals surface area contributed by atoms with Gasteiger partial charge in [0, 0.05) is 48.5 Å². The lowest BCUT2D eigenvalue weighted by Crippen LogP contribution is -2.58. The van der Waals surface area contributed by atoms with Crippen molar-refractivity contribution in [2.45, 2.75) is 115 Å². The van der Waals surface area contributed by atoms with Gasteiger partial charge in [0.2, 0.25) is 0 Å². The zero-order valence-corrected chi connectivity index (χ0v) is 37.9. The Morgan fingerprint density at radius 1 is 0.831 bits per heavy atom. The van der Waals surface area contributed by atoms with Crippen molar-refractivity contribution >= 4 is 22.9 Å². The summed E-state index contributed by atoms with van der Waals surface area (Å²) in [6.45, 7) is 3.40. The fourth-order valence-corrected chi connectivity index (χ4v) is 10.4. The number of methoxy groups -OCH3 is 1. The Kier molecular flexibility index (Phi) is 14.7. The third kappa shape index (κ3) is 10.5. The van der Waals surface area contributed by atoms with E-state index >= 15 is 0 Å². The van der Waals surface area contributed by atoms with Gasteiger partial charge >= 0.3 is 17.6 Å². The summed E-state index contributed by atoms with van der Waals surface area (Å²) < 4.78 is 32.0. The Labute approximate surface area is 381 Å². The molecule has 10 nitrogen and oxygen atoms in total. The maximum atomic E-state index is 14.8. The zero-order chi connectivity index (χ0) is 45.5. The van der Waals surface area contributed by atoms with Crippen LogP contribution in [0.15, 0.2) is 117 Å². The number of rotatable bonds is 12. The quantitative estimate of drug-likeness (QED) is 0.0707. The van der Waals surface area contributed by atoms with Crippen LogP contribution in [0.3, 0.4) is 0 Å². The lowest BCUT2D eigenvalue weighted by molar-refractivity contribution is -0.199. The predicted molar refractivity (Wildman–Crippen MR) is 249 cm³/mol. The van der Waals surface area contributed by atoms with Gasteiger partial charge in [-0.2, -0.15) is 0 Å². The van der Waals surface area contributed by atoms with Gasteiger partial charge in [-0.05, 0) is 129 Å². The number of esters is 2. The van der Waals surface area contributed by atoms with E-state index in [0.29, 0.717) is 59.1 Å². The van der Waals surface area contributed by atoms with Gasteiger partial charge in [0.05, 0.1) is 18.8 Å². The highest BCUT2D eigenvalue weighted by Crippen LogP contribution is 2.52. The molecule has 1 saturated carbocycles. The predicted octanol–water partition coefficient (Wildman–Crippen LogP) is 9.47. The van der Waals surface area contributed by atoms with E-state index in [-0.39, 0.29) is 43.7 Å². The van der Waals surface area contributed by atoms with E-state index < -0.39 is 41.3 Å². The van der Waals surface area contributed by atoms with E-state index in [2.05, 4.69) is 72.8 Å². The Bertz CT molecular complexity index is 2530. The molecule has 4 aromatic carbocycles. The zero-order valence-electron chi connectivity index (χ0n) is 37.9. The number of hydrogen-bond donors (Lipinski definition) is 2. The fraction of sp³-hybridized carbons (Fsp3) is 0.436. The average Bonchev–Trinajstić information content (AvgIpc) is 3.86. The van der Waals surface area contributed by atoms with Crippen LogP contribution in [0.2, 0.25) is 0 Å². The van der Waals surface area contributed by atoms with Crippen LogP contribution in [-0.2, 0) is 49.5 Å². The summed E-state index contributed by atoms with van der Waals surface area (Å²) >= 11 is 0. The van der Waals surface area contributed by atoms with Crippen molar-refractivity contribution in [2.24, 2.45) is 11.8 Å². The molecule has 0 amide bonds. The molecular weight excluding hydrogens is 821 g/mol. The van der Waals surface area contributed by atoms with Gasteiger partial charge in [-0.1, -0.05) is 91.7 Å². The molecule has 342 valence electrons. The molecule has 2 N–H and O–H groups in total. The highest BCUT2D eigenvalue weighted by Gasteiger charge is 2.57. The van der Waals surface area contributed by atoms with Crippen LogP contribution in [-0.4, -0.2) is 60.8 Å². The van der Waals surface area contributed by atoms with Crippen molar-refractivity contribution in [1.82, 2.24) is 0 Å². The number of carbonyl (C=O) groups excluding carboxylic acids is 2. The summed E-state index contributed by atoms with van der Waals surface area (Å²) in [5.41, 5.74) is 5.76. The number of aliphatic hydroxyl groups excluding tert-OH is 2. The molecule has 0 saturated heterocycles. The number of hydrogen-bond acceptors (Lipinski definition) is 10. The first-order valence-corrected chi connectivity index (χ1v) is 23.4. The summed E-state index contributed by atoms with van der Waals surface area (Å²) in [7, 11) is 1.54. The highest BCUT2D eigenvalue weighted by molar-refractivity contribution is 5.90. The van der Waals surface area contributed by atoms with Gasteiger partial charge in [-0.15, -0.1) is 0 Å². The number of fused-ring (bicyclic) bond motifs is 13. The van der Waals surface area contributed by atoms with Gasteiger partial charge in [-0.3, -0.25) is 4.79 Å². The first kappa shape index (κ1) is 46.0. The summed E-state index contributed by atoms with van der Waals surface area (Å²) in [4.78, 5) is 43.4. The van der Waals surface area contributed by atoms with Crippen molar-refractivity contribution in [2.75, 3.05) is 26.9 Å². The molecule has 1 aliphatic carbocycles. The molecule has 1 aromatic heterocycles. The molecule has 1 fully saturated rings. The minimum absolute atomic E-state index is 0.0478. The van der Waals surface area contributed by atoms with Gasteiger partial charge in [0.15, 0.2) is 12.2 Å². The van der Waals surface area contributed by atoms with E-state index in [4.69, 9.17) is 23.4 Å². The molecular formula is C55H62O10. The summed E-state index contributed by atoms with van der Waals surface area (Å²) in [5.74, 6) is -1.26. The minimum Gasteiger partial charge on any atom is -0.483 e. The Morgan fingerprint density at radius 3 is 2.31 bits per heavy atom. The number of ether oxygens (including phenoxy) is 4. The molecule has 0 radical (unpaired) electrons. The lowest BCUT2D eigenvalue weighted by atomic mass is 9.76. The SMILES string of the molecule is COC[C@@H](CCO)c1cc2ccc3c(c2oc1=O)[C@H]1OC(=O)C[C@H](CCc2cccc(Cc4ccccc4)c2)Cc2ccc(cc2)CC/C(=C(\C)CO)C(=O)O[C@@H]1[C@](C)(C1CCCC1)O3. The normalized spacial score (nSPS) is 23.0. The fourth-order valence-electron chi connectivity index (χ4n) is 10.4. The second-order valence-corrected chi connectivity index (χ2v) is 18.6. The van der Waals surface area contributed by atoms with E-state index in [1.807, 2.05) is 25.1 Å². The van der Waals surface area contributed by atoms with Crippen LogP contribution in [0.25, 0.3) is 11.0 Å².